The number of rotatable bonds is 2. The van der Waals surface area contributed by atoms with Gasteiger partial charge in [0.05, 0.1) is 11.6 Å². The molecule has 2 atom stereocenters. The fourth-order valence-electron chi connectivity index (χ4n) is 4.00. The van der Waals surface area contributed by atoms with E-state index in [0.717, 1.165) is 38.6 Å². The largest absolute Gasteiger partial charge is 0.480 e. The van der Waals surface area contributed by atoms with Crippen LogP contribution >= 0.6 is 0 Å². The van der Waals surface area contributed by atoms with Gasteiger partial charge >= 0.3 is 5.97 Å². The second kappa shape index (κ2) is 5.68. The van der Waals surface area contributed by atoms with Gasteiger partial charge in [-0.05, 0) is 17.7 Å². The van der Waals surface area contributed by atoms with Crippen LogP contribution in [0.25, 0.3) is 21.8 Å². The Morgan fingerprint density at radius 3 is 2.81 bits per heavy atom. The van der Waals surface area contributed by atoms with Crippen molar-refractivity contribution in [2.75, 3.05) is 0 Å². The summed E-state index contributed by atoms with van der Waals surface area (Å²) in [5.41, 5.74) is 5.01. The zero-order chi connectivity index (χ0) is 17.7. The van der Waals surface area contributed by atoms with Gasteiger partial charge in [0, 0.05) is 40.2 Å². The molecule has 0 amide bonds. The lowest BCUT2D eigenvalue weighted by molar-refractivity contribution is -0.139. The standard InChI is InChI=1S/C21H17N3O2/c25-21(26)17-11-15-13-7-1-2-9-16(13)23-20(15)19(24-17)14-8-3-5-12-6-4-10-22-18(12)14/h1-10,17,19,23-24H,11H2,(H,25,26). The van der Waals surface area contributed by atoms with Crippen LogP contribution in [0.2, 0.25) is 0 Å². The van der Waals surface area contributed by atoms with E-state index in [1.165, 1.54) is 0 Å². The second-order valence-corrected chi connectivity index (χ2v) is 6.68. The Bertz CT molecular complexity index is 1140. The van der Waals surface area contributed by atoms with Crippen molar-refractivity contribution in [3.05, 3.63) is 77.6 Å². The van der Waals surface area contributed by atoms with Crippen molar-refractivity contribution in [1.82, 2.24) is 15.3 Å². The molecule has 0 saturated carbocycles. The minimum atomic E-state index is -0.834. The summed E-state index contributed by atoms with van der Waals surface area (Å²) in [4.78, 5) is 19.8. The van der Waals surface area contributed by atoms with E-state index in [-0.39, 0.29) is 6.04 Å². The number of hydrogen-bond donors (Lipinski definition) is 3. The molecule has 1 aliphatic rings. The maximum atomic E-state index is 11.8. The third-order valence-corrected chi connectivity index (χ3v) is 5.18. The quantitative estimate of drug-likeness (QED) is 0.521. The van der Waals surface area contributed by atoms with Crippen LogP contribution in [-0.4, -0.2) is 27.1 Å². The number of pyridine rings is 1. The molecule has 0 saturated heterocycles. The minimum absolute atomic E-state index is 0.245. The first-order valence-corrected chi connectivity index (χ1v) is 8.64. The molecule has 0 aliphatic carbocycles. The van der Waals surface area contributed by atoms with Gasteiger partial charge in [-0.15, -0.1) is 0 Å². The fourth-order valence-corrected chi connectivity index (χ4v) is 4.00. The van der Waals surface area contributed by atoms with Gasteiger partial charge in [-0.3, -0.25) is 15.1 Å². The van der Waals surface area contributed by atoms with E-state index in [4.69, 9.17) is 0 Å². The van der Waals surface area contributed by atoms with E-state index in [2.05, 4.69) is 15.3 Å². The molecule has 2 aromatic heterocycles. The van der Waals surface area contributed by atoms with Gasteiger partial charge in [0.2, 0.25) is 0 Å². The number of fused-ring (bicyclic) bond motifs is 4. The SMILES string of the molecule is O=C(O)C1Cc2c([nH]c3ccccc23)C(c2cccc3cccnc23)N1. The molecule has 3 heterocycles. The van der Waals surface area contributed by atoms with E-state index < -0.39 is 12.0 Å². The van der Waals surface area contributed by atoms with E-state index in [9.17, 15) is 9.90 Å². The first-order valence-electron chi connectivity index (χ1n) is 8.64. The molecule has 2 aromatic carbocycles. The molecule has 26 heavy (non-hydrogen) atoms. The summed E-state index contributed by atoms with van der Waals surface area (Å²) in [6.07, 6.45) is 2.23. The van der Waals surface area contributed by atoms with Crippen molar-refractivity contribution in [2.45, 2.75) is 18.5 Å². The molecule has 5 nitrogen and oxygen atoms in total. The van der Waals surface area contributed by atoms with Crippen molar-refractivity contribution < 1.29 is 9.90 Å². The molecule has 2 unspecified atom stereocenters. The van der Waals surface area contributed by atoms with Gasteiger partial charge in [-0.2, -0.15) is 0 Å². The van der Waals surface area contributed by atoms with Crippen LogP contribution in [0.1, 0.15) is 22.9 Å². The molecular weight excluding hydrogens is 326 g/mol. The van der Waals surface area contributed by atoms with Crippen molar-refractivity contribution >= 4 is 27.8 Å². The number of carboxylic acids is 1. The number of para-hydroxylation sites is 2. The lowest BCUT2D eigenvalue weighted by Gasteiger charge is -2.30. The molecule has 1 aliphatic heterocycles. The molecule has 128 valence electrons. The predicted molar refractivity (Wildman–Crippen MR) is 100 cm³/mol. The van der Waals surface area contributed by atoms with E-state index in [1.807, 2.05) is 54.6 Å². The summed E-state index contributed by atoms with van der Waals surface area (Å²) in [5.74, 6) is -0.834. The number of aromatic nitrogens is 2. The third kappa shape index (κ3) is 2.21. The third-order valence-electron chi connectivity index (χ3n) is 5.18. The van der Waals surface area contributed by atoms with Crippen molar-refractivity contribution in [2.24, 2.45) is 0 Å². The highest BCUT2D eigenvalue weighted by molar-refractivity contribution is 5.88. The Hall–Kier alpha value is -3.18. The van der Waals surface area contributed by atoms with Crippen LogP contribution in [0.3, 0.4) is 0 Å². The van der Waals surface area contributed by atoms with E-state index in [1.54, 1.807) is 6.20 Å². The van der Waals surface area contributed by atoms with E-state index >= 15 is 0 Å². The van der Waals surface area contributed by atoms with Gasteiger partial charge in [-0.25, -0.2) is 0 Å². The molecule has 3 N–H and O–H groups in total. The van der Waals surface area contributed by atoms with Gasteiger partial charge < -0.3 is 10.1 Å². The molecular formula is C21H17N3O2. The highest BCUT2D eigenvalue weighted by Crippen LogP contribution is 2.37. The maximum Gasteiger partial charge on any atom is 0.321 e. The number of carbonyl (C=O) groups is 1. The number of carboxylic acid groups (broad SMARTS) is 1. The van der Waals surface area contributed by atoms with Crippen molar-refractivity contribution in [3.8, 4) is 0 Å². The molecule has 5 rings (SSSR count). The molecule has 4 aromatic rings. The predicted octanol–water partition coefficient (Wildman–Crippen LogP) is 3.40. The van der Waals surface area contributed by atoms with Crippen LogP contribution in [-0.2, 0) is 11.2 Å². The molecule has 0 fully saturated rings. The Kier molecular flexibility index (Phi) is 3.30. The molecule has 0 bridgehead atoms. The normalized spacial score (nSPS) is 19.5. The number of benzene rings is 2. The highest BCUT2D eigenvalue weighted by atomic mass is 16.4. The lowest BCUT2D eigenvalue weighted by atomic mass is 9.89. The first-order chi connectivity index (χ1) is 12.7. The zero-order valence-electron chi connectivity index (χ0n) is 13.9. The number of H-pyrrole nitrogens is 1. The Morgan fingerprint density at radius 2 is 1.92 bits per heavy atom. The van der Waals surface area contributed by atoms with Crippen LogP contribution in [0, 0.1) is 0 Å². The summed E-state index contributed by atoms with van der Waals surface area (Å²) in [7, 11) is 0. The Morgan fingerprint density at radius 1 is 1.08 bits per heavy atom. The monoisotopic (exact) mass is 343 g/mol. The topological polar surface area (TPSA) is 78.0 Å². The van der Waals surface area contributed by atoms with Crippen LogP contribution in [0.5, 0.6) is 0 Å². The molecule has 5 heteroatoms. The second-order valence-electron chi connectivity index (χ2n) is 6.68. The molecule has 0 spiro atoms. The first kappa shape index (κ1) is 15.1. The number of hydrogen-bond acceptors (Lipinski definition) is 3. The summed E-state index contributed by atoms with van der Waals surface area (Å²) in [6, 6.07) is 17.1. The maximum absolute atomic E-state index is 11.8. The number of nitrogens with zero attached hydrogens (tertiary/aromatic N) is 1. The Labute approximate surface area is 149 Å². The highest BCUT2D eigenvalue weighted by Gasteiger charge is 2.34. The summed E-state index contributed by atoms with van der Waals surface area (Å²) in [6.45, 7) is 0. The van der Waals surface area contributed by atoms with Crippen LogP contribution in [0.4, 0.5) is 0 Å². The van der Waals surface area contributed by atoms with Crippen molar-refractivity contribution in [3.63, 3.8) is 0 Å². The average Bonchev–Trinajstić information content (AvgIpc) is 3.05. The van der Waals surface area contributed by atoms with E-state index in [0.29, 0.717) is 6.42 Å². The van der Waals surface area contributed by atoms with Crippen molar-refractivity contribution in [1.29, 1.82) is 0 Å². The van der Waals surface area contributed by atoms with Gasteiger partial charge in [0.15, 0.2) is 0 Å². The summed E-state index contributed by atoms with van der Waals surface area (Å²) in [5, 5.41) is 15.1. The van der Waals surface area contributed by atoms with Crippen LogP contribution in [0.15, 0.2) is 60.8 Å². The lowest BCUT2D eigenvalue weighted by Crippen LogP contribution is -2.45. The number of aliphatic carboxylic acids is 1. The number of aromatic amines is 1. The Balaban J connectivity index is 1.77. The van der Waals surface area contributed by atoms with Gasteiger partial charge in [-0.1, -0.05) is 42.5 Å². The minimum Gasteiger partial charge on any atom is -0.480 e. The summed E-state index contributed by atoms with van der Waals surface area (Å²) < 4.78 is 0. The molecule has 0 radical (unpaired) electrons. The smallest absolute Gasteiger partial charge is 0.321 e. The van der Waals surface area contributed by atoms with Gasteiger partial charge in [0.25, 0.3) is 0 Å². The zero-order valence-corrected chi connectivity index (χ0v) is 13.9. The number of nitrogens with one attached hydrogen (secondary N) is 2. The fraction of sp³-hybridized carbons (Fsp3) is 0.143. The van der Waals surface area contributed by atoms with Gasteiger partial charge in [0.1, 0.15) is 6.04 Å². The summed E-state index contributed by atoms with van der Waals surface area (Å²) >= 11 is 0. The van der Waals surface area contributed by atoms with Crippen LogP contribution < -0.4 is 5.32 Å². The average molecular weight is 343 g/mol.